The van der Waals surface area contributed by atoms with Crippen LogP contribution in [-0.2, 0) is 22.7 Å². The van der Waals surface area contributed by atoms with Gasteiger partial charge in [0.05, 0.1) is 34.7 Å². The van der Waals surface area contributed by atoms with Crippen molar-refractivity contribution >= 4 is 35.0 Å². The summed E-state index contributed by atoms with van der Waals surface area (Å²) in [6.45, 7) is 0.855. The molecule has 6 heteroatoms. The lowest BCUT2D eigenvalue weighted by molar-refractivity contribution is -0.165. The molecule has 30 heavy (non-hydrogen) atoms. The largest absolute Gasteiger partial charge is 0.332 e. The molecule has 154 valence electrons. The van der Waals surface area contributed by atoms with E-state index in [1.165, 1.54) is 0 Å². The van der Waals surface area contributed by atoms with Gasteiger partial charge < -0.3 is 9.80 Å². The molecule has 2 fully saturated rings. The van der Waals surface area contributed by atoms with Crippen LogP contribution in [0.25, 0.3) is 0 Å². The van der Waals surface area contributed by atoms with Gasteiger partial charge in [0, 0.05) is 13.1 Å². The predicted molar refractivity (Wildman–Crippen MR) is 117 cm³/mol. The fourth-order valence-corrected chi connectivity index (χ4v) is 6.02. The second kappa shape index (κ2) is 7.75. The van der Waals surface area contributed by atoms with Crippen LogP contribution in [0.2, 0.25) is 0 Å². The van der Waals surface area contributed by atoms with Crippen LogP contribution >= 0.6 is 23.2 Å². The number of rotatable bonds is 4. The van der Waals surface area contributed by atoms with Crippen LogP contribution in [0.4, 0.5) is 0 Å². The second-order valence-electron chi connectivity index (χ2n) is 8.21. The zero-order valence-electron chi connectivity index (χ0n) is 16.3. The molecular weight excluding hydrogens is 419 g/mol. The topological polar surface area (TPSA) is 40.6 Å². The highest BCUT2D eigenvalue weighted by molar-refractivity contribution is 6.26. The first-order valence-corrected chi connectivity index (χ1v) is 11.1. The molecule has 0 N–H and O–H groups in total. The minimum absolute atomic E-state index is 0.0149. The number of amides is 2. The molecule has 7 rings (SSSR count). The summed E-state index contributed by atoms with van der Waals surface area (Å²) >= 11 is 13.7. The van der Waals surface area contributed by atoms with E-state index in [1.807, 2.05) is 72.8 Å². The Kier molecular flexibility index (Phi) is 5.08. The minimum atomic E-state index is -0.570. The summed E-state index contributed by atoms with van der Waals surface area (Å²) in [6.07, 6.45) is 3.68. The van der Waals surface area contributed by atoms with Crippen LogP contribution in [0.15, 0.2) is 72.8 Å². The summed E-state index contributed by atoms with van der Waals surface area (Å²) in [5.41, 5.74) is 2.03. The minimum Gasteiger partial charge on any atom is -0.332 e. The Morgan fingerprint density at radius 1 is 0.700 bits per heavy atom. The first-order chi connectivity index (χ1) is 14.6. The van der Waals surface area contributed by atoms with Gasteiger partial charge in [-0.3, -0.25) is 9.59 Å². The lowest BCUT2D eigenvalue weighted by atomic mass is 9.71. The third-order valence-corrected chi connectivity index (χ3v) is 7.41. The van der Waals surface area contributed by atoms with Crippen LogP contribution in [-0.4, -0.2) is 44.5 Å². The van der Waals surface area contributed by atoms with E-state index >= 15 is 0 Å². The van der Waals surface area contributed by atoms with Crippen molar-refractivity contribution in [3.8, 4) is 0 Å². The number of hydrogen-bond donors (Lipinski definition) is 0. The molecule has 6 atom stereocenters. The standard InChI is InChI=1S/C24H22Cl2N2O2/c25-18-12-11-17-21-20(26)22(28(23(17)29)14-16-9-5-2-6-10-16)19(18)24(30)27(21)13-15-7-3-1-4-8-15/h1-12,17-22H,13-14H2/b12-11-/t17-,18-,19-,20+,21+,22+/m1/s1. The number of nitrogens with zero attached hydrogens (tertiary/aromatic N) is 2. The van der Waals surface area contributed by atoms with Gasteiger partial charge >= 0.3 is 0 Å². The zero-order valence-corrected chi connectivity index (χ0v) is 17.8. The molecule has 0 spiro atoms. The molecule has 1 aliphatic carbocycles. The maximum atomic E-state index is 13.6. The number of allylic oxidation sites excluding steroid dienone is 1. The molecule has 0 unspecified atom stereocenters. The summed E-state index contributed by atoms with van der Waals surface area (Å²) in [4.78, 5) is 30.7. The summed E-state index contributed by atoms with van der Waals surface area (Å²) in [7, 11) is 0. The van der Waals surface area contributed by atoms with Crippen LogP contribution in [0.1, 0.15) is 11.1 Å². The Morgan fingerprint density at radius 2 is 1.23 bits per heavy atom. The Morgan fingerprint density at radius 3 is 1.80 bits per heavy atom. The molecule has 4 bridgehead atoms. The van der Waals surface area contributed by atoms with E-state index in [2.05, 4.69) is 0 Å². The zero-order chi connectivity index (χ0) is 20.8. The van der Waals surface area contributed by atoms with Gasteiger partial charge in [-0.15, -0.1) is 23.2 Å². The highest BCUT2D eigenvalue weighted by Gasteiger charge is 2.60. The van der Waals surface area contributed by atoms with E-state index in [9.17, 15) is 9.59 Å². The van der Waals surface area contributed by atoms with Crippen molar-refractivity contribution in [3.63, 3.8) is 0 Å². The third-order valence-electron chi connectivity index (χ3n) is 6.48. The van der Waals surface area contributed by atoms with Crippen molar-refractivity contribution in [1.82, 2.24) is 9.80 Å². The lowest BCUT2D eigenvalue weighted by Gasteiger charge is -2.57. The number of halogens is 2. The van der Waals surface area contributed by atoms with E-state index in [-0.39, 0.29) is 23.2 Å². The molecule has 4 nitrogen and oxygen atoms in total. The van der Waals surface area contributed by atoms with Gasteiger partial charge in [-0.25, -0.2) is 0 Å². The average molecular weight is 441 g/mol. The van der Waals surface area contributed by atoms with Crippen LogP contribution < -0.4 is 0 Å². The van der Waals surface area contributed by atoms with Gasteiger partial charge in [-0.1, -0.05) is 72.8 Å². The van der Waals surface area contributed by atoms with Gasteiger partial charge in [0.2, 0.25) is 11.8 Å². The van der Waals surface area contributed by atoms with Crippen molar-refractivity contribution < 1.29 is 9.59 Å². The Hall–Kier alpha value is -2.30. The number of hydrogen-bond acceptors (Lipinski definition) is 2. The van der Waals surface area contributed by atoms with Gasteiger partial charge in [0.1, 0.15) is 0 Å². The molecule has 2 aromatic carbocycles. The fourth-order valence-electron chi connectivity index (χ4n) is 5.09. The van der Waals surface area contributed by atoms with Gasteiger partial charge in [-0.2, -0.15) is 0 Å². The third kappa shape index (κ3) is 3.14. The maximum Gasteiger partial charge on any atom is 0.232 e. The quantitative estimate of drug-likeness (QED) is 0.535. The average Bonchev–Trinajstić information content (AvgIpc) is 2.75. The van der Waals surface area contributed by atoms with Crippen LogP contribution in [0, 0.1) is 11.8 Å². The summed E-state index contributed by atoms with van der Waals surface area (Å²) in [5.74, 6) is -1.08. The molecule has 2 amide bonds. The van der Waals surface area contributed by atoms with E-state index in [0.29, 0.717) is 13.1 Å². The van der Waals surface area contributed by atoms with Crippen molar-refractivity contribution in [2.75, 3.05) is 0 Å². The first kappa shape index (κ1) is 19.7. The number of carbonyl (C=O) groups is 2. The van der Waals surface area contributed by atoms with Crippen molar-refractivity contribution in [1.29, 1.82) is 0 Å². The van der Waals surface area contributed by atoms with Gasteiger partial charge in [0.25, 0.3) is 0 Å². The van der Waals surface area contributed by atoms with Crippen LogP contribution in [0.3, 0.4) is 0 Å². The van der Waals surface area contributed by atoms with E-state index < -0.39 is 23.3 Å². The van der Waals surface area contributed by atoms with Gasteiger partial charge in [0.15, 0.2) is 0 Å². The summed E-state index contributed by atoms with van der Waals surface area (Å²) in [5, 5.41) is -0.883. The maximum absolute atomic E-state index is 13.6. The lowest BCUT2D eigenvalue weighted by Crippen LogP contribution is -2.74. The van der Waals surface area contributed by atoms with Crippen LogP contribution in [0.5, 0.6) is 0 Å². The normalized spacial score (nSPS) is 33.5. The first-order valence-electron chi connectivity index (χ1n) is 10.2. The predicted octanol–water partition coefficient (Wildman–Crippen LogP) is 3.83. The van der Waals surface area contributed by atoms with E-state index in [1.54, 1.807) is 9.80 Å². The Labute approximate surface area is 186 Å². The fraction of sp³-hybridized carbons (Fsp3) is 0.333. The summed E-state index contributed by atoms with van der Waals surface area (Å²) < 4.78 is 0. The molecule has 4 heterocycles. The number of fused-ring (bicyclic) bond motifs is 2. The van der Waals surface area contributed by atoms with Crippen molar-refractivity contribution in [2.24, 2.45) is 11.8 Å². The van der Waals surface area contributed by atoms with E-state index in [4.69, 9.17) is 23.2 Å². The SMILES string of the molecule is O=C1[C@@H]2/C=C\[C@@H](Cl)[C@H]3C(=O)N(Cc4ccccc4)[C@@H]2[C@H](Cl)[C@H]3N1Cc1ccccc1. The number of alkyl halides is 2. The number of carbonyl (C=O) groups excluding carboxylic acids is 2. The molecule has 2 saturated heterocycles. The highest BCUT2D eigenvalue weighted by atomic mass is 35.5. The molecule has 0 radical (unpaired) electrons. The van der Waals surface area contributed by atoms with Crippen molar-refractivity contribution in [3.05, 3.63) is 83.9 Å². The highest BCUT2D eigenvalue weighted by Crippen LogP contribution is 2.46. The summed E-state index contributed by atoms with van der Waals surface area (Å²) in [6, 6.07) is 18.8. The molecule has 0 aromatic heterocycles. The second-order valence-corrected chi connectivity index (χ2v) is 9.22. The molecule has 4 aliphatic heterocycles. The monoisotopic (exact) mass is 440 g/mol. The molecule has 0 saturated carbocycles. The Bertz CT molecular complexity index is 942. The Balaban J connectivity index is 1.55. The molecule has 2 aromatic rings. The smallest absolute Gasteiger partial charge is 0.232 e. The molecule has 5 aliphatic rings. The van der Waals surface area contributed by atoms with Crippen molar-refractivity contribution in [2.45, 2.75) is 35.9 Å². The molecular formula is C24H22Cl2N2O2. The van der Waals surface area contributed by atoms with Gasteiger partial charge in [-0.05, 0) is 11.1 Å². The number of benzene rings is 2. The number of piperidine rings is 2. The van der Waals surface area contributed by atoms with E-state index in [0.717, 1.165) is 11.1 Å².